The number of carbonyl (C=O) groups is 1. The van der Waals surface area contributed by atoms with Crippen LogP contribution in [0.15, 0.2) is 12.0 Å². The van der Waals surface area contributed by atoms with Crippen LogP contribution in [0.1, 0.15) is 41.0 Å². The number of hydrogen-bond donors (Lipinski definition) is 3. The minimum atomic E-state index is -0.471. The predicted molar refractivity (Wildman–Crippen MR) is 72.4 cm³/mol. The maximum Gasteiger partial charge on any atom is 0.407 e. The van der Waals surface area contributed by atoms with E-state index in [2.05, 4.69) is 10.6 Å². The zero-order valence-corrected chi connectivity index (χ0v) is 12.0. The Morgan fingerprint density at radius 1 is 1.39 bits per heavy atom. The molecule has 0 fully saturated rings. The second-order valence-corrected chi connectivity index (χ2v) is 5.39. The lowest BCUT2D eigenvalue weighted by molar-refractivity contribution is 0.0520. The van der Waals surface area contributed by atoms with Crippen LogP contribution in [-0.4, -0.2) is 29.9 Å². The van der Waals surface area contributed by atoms with Crippen LogP contribution >= 0.6 is 0 Å². The summed E-state index contributed by atoms with van der Waals surface area (Å²) in [5, 5.41) is 14.9. The van der Waals surface area contributed by atoms with Gasteiger partial charge in [-0.25, -0.2) is 4.79 Å². The van der Waals surface area contributed by atoms with Gasteiger partial charge in [-0.1, -0.05) is 13.8 Å². The predicted octanol–water partition coefficient (Wildman–Crippen LogP) is 2.55. The summed E-state index contributed by atoms with van der Waals surface area (Å²) in [5.41, 5.74) is -0.471. The van der Waals surface area contributed by atoms with Gasteiger partial charge < -0.3 is 20.5 Å². The highest BCUT2D eigenvalue weighted by molar-refractivity contribution is 5.67. The molecular weight excluding hydrogens is 232 g/mol. The maximum atomic E-state index is 11.4. The van der Waals surface area contributed by atoms with Gasteiger partial charge in [-0.05, 0) is 26.7 Å². The molecular formula is C13H26N2O3. The first-order valence-electron chi connectivity index (χ1n) is 6.32. The number of hydrogen-bond acceptors (Lipinski definition) is 4. The molecule has 0 aliphatic rings. The third-order valence-electron chi connectivity index (χ3n) is 2.09. The van der Waals surface area contributed by atoms with Crippen LogP contribution in [0.2, 0.25) is 0 Å². The molecule has 0 aliphatic carbocycles. The van der Waals surface area contributed by atoms with E-state index in [4.69, 9.17) is 4.74 Å². The van der Waals surface area contributed by atoms with E-state index >= 15 is 0 Å². The Labute approximate surface area is 110 Å². The van der Waals surface area contributed by atoms with Crippen molar-refractivity contribution in [3.8, 4) is 0 Å². The van der Waals surface area contributed by atoms with Crippen molar-refractivity contribution in [3.05, 3.63) is 12.0 Å². The van der Waals surface area contributed by atoms with Gasteiger partial charge in [0.2, 0.25) is 0 Å². The number of aliphatic hydroxyl groups excluding tert-OH is 1. The van der Waals surface area contributed by atoms with Gasteiger partial charge in [-0.2, -0.15) is 0 Å². The maximum absolute atomic E-state index is 11.4. The number of aliphatic hydroxyl groups is 1. The van der Waals surface area contributed by atoms with Crippen LogP contribution < -0.4 is 10.6 Å². The number of rotatable bonds is 6. The highest BCUT2D eigenvalue weighted by Crippen LogP contribution is 2.06. The van der Waals surface area contributed by atoms with Gasteiger partial charge >= 0.3 is 6.09 Å². The average Bonchev–Trinajstić information content (AvgIpc) is 2.23. The molecule has 0 aromatic rings. The number of nitrogens with one attached hydrogen (secondary N) is 2. The molecule has 0 aliphatic heterocycles. The van der Waals surface area contributed by atoms with Crippen molar-refractivity contribution in [1.82, 2.24) is 10.6 Å². The van der Waals surface area contributed by atoms with E-state index in [0.717, 1.165) is 0 Å². The summed E-state index contributed by atoms with van der Waals surface area (Å²) in [4.78, 5) is 11.4. The Balaban J connectivity index is 3.77. The summed E-state index contributed by atoms with van der Waals surface area (Å²) in [6.07, 6.45) is 1.79. The summed E-state index contributed by atoms with van der Waals surface area (Å²) < 4.78 is 5.13. The number of alkyl carbamates (subject to hydrolysis) is 1. The van der Waals surface area contributed by atoms with Crippen molar-refractivity contribution in [1.29, 1.82) is 0 Å². The van der Waals surface area contributed by atoms with E-state index in [1.807, 2.05) is 34.6 Å². The fourth-order valence-corrected chi connectivity index (χ4v) is 1.12. The lowest BCUT2D eigenvalue weighted by Gasteiger charge is -2.20. The smallest absolute Gasteiger partial charge is 0.407 e. The van der Waals surface area contributed by atoms with Crippen LogP contribution in [0.25, 0.3) is 0 Å². The van der Waals surface area contributed by atoms with Crippen molar-refractivity contribution in [2.75, 3.05) is 13.1 Å². The van der Waals surface area contributed by atoms with E-state index in [9.17, 15) is 9.90 Å². The fraction of sp³-hybridized carbons (Fsp3) is 0.769. The molecule has 0 saturated carbocycles. The van der Waals surface area contributed by atoms with Gasteiger partial charge in [-0.3, -0.25) is 0 Å². The molecule has 0 aromatic heterocycles. The first kappa shape index (κ1) is 16.6. The largest absolute Gasteiger partial charge is 0.511 e. The van der Waals surface area contributed by atoms with E-state index < -0.39 is 11.7 Å². The molecule has 3 N–H and O–H groups in total. The Bertz CT molecular complexity index is 282. The first-order chi connectivity index (χ1) is 8.24. The second kappa shape index (κ2) is 7.84. The lowest BCUT2D eigenvalue weighted by Crippen LogP contribution is -2.36. The molecule has 5 heteroatoms. The molecule has 0 radical (unpaired) electrons. The van der Waals surface area contributed by atoms with Crippen molar-refractivity contribution < 1.29 is 14.6 Å². The van der Waals surface area contributed by atoms with Crippen LogP contribution in [0.4, 0.5) is 4.79 Å². The third kappa shape index (κ3) is 9.81. The SMILES string of the molecule is CC/C(O)=C\NCC(C)CNC(=O)OC(C)(C)C. The summed E-state index contributed by atoms with van der Waals surface area (Å²) in [7, 11) is 0. The number of amides is 1. The highest BCUT2D eigenvalue weighted by Gasteiger charge is 2.16. The Morgan fingerprint density at radius 2 is 2.00 bits per heavy atom. The molecule has 0 rings (SSSR count). The minimum absolute atomic E-state index is 0.249. The quantitative estimate of drug-likeness (QED) is 0.640. The van der Waals surface area contributed by atoms with E-state index in [1.54, 1.807) is 6.20 Å². The molecule has 0 saturated heterocycles. The number of carbonyl (C=O) groups excluding carboxylic acids is 1. The van der Waals surface area contributed by atoms with E-state index in [-0.39, 0.29) is 5.92 Å². The van der Waals surface area contributed by atoms with Crippen molar-refractivity contribution >= 4 is 6.09 Å². The molecule has 1 amide bonds. The molecule has 5 nitrogen and oxygen atoms in total. The van der Waals surface area contributed by atoms with Gasteiger partial charge in [0.25, 0.3) is 0 Å². The number of allylic oxidation sites excluding steroid dienone is 1. The Morgan fingerprint density at radius 3 is 2.50 bits per heavy atom. The lowest BCUT2D eigenvalue weighted by atomic mass is 10.2. The normalized spacial score (nSPS) is 13.9. The van der Waals surface area contributed by atoms with Crippen molar-refractivity contribution in [2.45, 2.75) is 46.6 Å². The first-order valence-corrected chi connectivity index (χ1v) is 6.32. The second-order valence-electron chi connectivity index (χ2n) is 5.39. The molecule has 18 heavy (non-hydrogen) atoms. The van der Waals surface area contributed by atoms with Crippen LogP contribution in [0.3, 0.4) is 0 Å². The topological polar surface area (TPSA) is 70.6 Å². The Kier molecular flexibility index (Phi) is 7.24. The molecule has 0 heterocycles. The van der Waals surface area contributed by atoms with Crippen molar-refractivity contribution in [3.63, 3.8) is 0 Å². The summed E-state index contributed by atoms with van der Waals surface area (Å²) in [5.74, 6) is 0.570. The monoisotopic (exact) mass is 258 g/mol. The summed E-state index contributed by atoms with van der Waals surface area (Å²) in [6.45, 7) is 10.6. The van der Waals surface area contributed by atoms with Gasteiger partial charge in [0.1, 0.15) is 11.4 Å². The molecule has 1 atom stereocenters. The Hall–Kier alpha value is -1.39. The van der Waals surface area contributed by atoms with Gasteiger partial charge in [0, 0.05) is 25.7 Å². The molecule has 0 spiro atoms. The average molecular weight is 258 g/mol. The van der Waals surface area contributed by atoms with Crippen molar-refractivity contribution in [2.24, 2.45) is 5.92 Å². The summed E-state index contributed by atoms with van der Waals surface area (Å²) >= 11 is 0. The molecule has 106 valence electrons. The number of ether oxygens (including phenoxy) is 1. The fourth-order valence-electron chi connectivity index (χ4n) is 1.12. The van der Waals surface area contributed by atoms with Crippen LogP contribution in [0.5, 0.6) is 0 Å². The third-order valence-corrected chi connectivity index (χ3v) is 2.09. The summed E-state index contributed by atoms with van der Waals surface area (Å²) in [6, 6.07) is 0. The molecule has 0 bridgehead atoms. The highest BCUT2D eigenvalue weighted by atomic mass is 16.6. The van der Waals surface area contributed by atoms with Crippen LogP contribution in [-0.2, 0) is 4.74 Å². The zero-order valence-electron chi connectivity index (χ0n) is 12.0. The minimum Gasteiger partial charge on any atom is -0.511 e. The standard InChI is InChI=1S/C13H26N2O3/c1-6-11(16)9-14-7-10(2)8-15-12(17)18-13(3,4)5/h9-10,14,16H,6-8H2,1-5H3,(H,15,17)/b11-9+. The van der Waals surface area contributed by atoms with E-state index in [1.165, 1.54) is 0 Å². The zero-order chi connectivity index (χ0) is 14.2. The van der Waals surface area contributed by atoms with Crippen LogP contribution in [0, 0.1) is 5.92 Å². The van der Waals surface area contributed by atoms with Gasteiger partial charge in [0.15, 0.2) is 0 Å². The molecule has 1 unspecified atom stereocenters. The van der Waals surface area contributed by atoms with E-state index in [0.29, 0.717) is 25.3 Å². The van der Waals surface area contributed by atoms with Gasteiger partial charge in [0.05, 0.1) is 0 Å². The molecule has 0 aromatic carbocycles. The van der Waals surface area contributed by atoms with Gasteiger partial charge in [-0.15, -0.1) is 0 Å².